The van der Waals surface area contributed by atoms with Gasteiger partial charge in [-0.1, -0.05) is 42.5 Å². The summed E-state index contributed by atoms with van der Waals surface area (Å²) < 4.78 is 0. The smallest absolute Gasteiger partial charge is 0.0969 e. The SMILES string of the molecule is c1ccc(-n2ncc(CNC[C@H](c3cccs3)c3c[nH]c4ccccc34)n2)cc1. The van der Waals surface area contributed by atoms with Crippen LogP contribution in [-0.2, 0) is 6.54 Å². The Morgan fingerprint density at radius 3 is 2.72 bits per heavy atom. The summed E-state index contributed by atoms with van der Waals surface area (Å²) in [5, 5.41) is 16.0. The van der Waals surface area contributed by atoms with Gasteiger partial charge in [-0.2, -0.15) is 15.0 Å². The maximum Gasteiger partial charge on any atom is 0.0969 e. The Labute approximate surface area is 173 Å². The molecule has 5 nitrogen and oxygen atoms in total. The monoisotopic (exact) mass is 399 g/mol. The molecule has 6 heteroatoms. The molecule has 0 unspecified atom stereocenters. The molecule has 5 rings (SSSR count). The fraction of sp³-hybridized carbons (Fsp3) is 0.130. The predicted octanol–water partition coefficient (Wildman–Crippen LogP) is 4.73. The summed E-state index contributed by atoms with van der Waals surface area (Å²) in [6.45, 7) is 1.51. The van der Waals surface area contributed by atoms with Crippen LogP contribution in [0.15, 0.2) is 84.5 Å². The highest BCUT2D eigenvalue weighted by molar-refractivity contribution is 7.10. The minimum Gasteiger partial charge on any atom is -0.361 e. The van der Waals surface area contributed by atoms with Gasteiger partial charge in [0.1, 0.15) is 0 Å². The number of H-pyrrole nitrogens is 1. The standard InChI is InChI=1S/C23H21N5S/c1-2-7-18(8-3-1)28-26-14-17(27-28)13-24-15-21(23-11-6-12-29-23)20-16-25-22-10-5-4-9-19(20)22/h1-12,14,16,21,24-25H,13,15H2/t21-/m0/s1. The fourth-order valence-electron chi connectivity index (χ4n) is 3.64. The molecule has 0 aliphatic carbocycles. The molecule has 1 atom stereocenters. The number of nitrogens with zero attached hydrogens (tertiary/aromatic N) is 3. The van der Waals surface area contributed by atoms with Crippen molar-refractivity contribution in [1.82, 2.24) is 25.3 Å². The van der Waals surface area contributed by atoms with E-state index in [2.05, 4.69) is 68.5 Å². The Morgan fingerprint density at radius 1 is 1.00 bits per heavy atom. The summed E-state index contributed by atoms with van der Waals surface area (Å²) in [5.41, 5.74) is 4.39. The second kappa shape index (κ2) is 8.03. The van der Waals surface area contributed by atoms with Gasteiger partial charge in [0.2, 0.25) is 0 Å². The summed E-state index contributed by atoms with van der Waals surface area (Å²) in [7, 11) is 0. The van der Waals surface area contributed by atoms with E-state index >= 15 is 0 Å². The number of para-hydroxylation sites is 2. The van der Waals surface area contributed by atoms with Crippen molar-refractivity contribution in [1.29, 1.82) is 0 Å². The van der Waals surface area contributed by atoms with Crippen LogP contribution in [0.1, 0.15) is 22.1 Å². The Kier molecular flexibility index (Phi) is 4.94. The summed E-state index contributed by atoms with van der Waals surface area (Å²) in [4.78, 5) is 6.44. The third kappa shape index (κ3) is 3.72. The van der Waals surface area contributed by atoms with Crippen LogP contribution in [0.3, 0.4) is 0 Å². The van der Waals surface area contributed by atoms with Crippen LogP contribution in [0.25, 0.3) is 16.6 Å². The number of aromatic amines is 1. The van der Waals surface area contributed by atoms with E-state index in [0.29, 0.717) is 6.54 Å². The molecule has 0 amide bonds. The highest BCUT2D eigenvalue weighted by Gasteiger charge is 2.19. The Bertz CT molecular complexity index is 1190. The molecule has 0 aliphatic rings. The molecule has 0 radical (unpaired) electrons. The number of rotatable bonds is 7. The summed E-state index contributed by atoms with van der Waals surface area (Å²) in [6.07, 6.45) is 3.97. The van der Waals surface area contributed by atoms with Gasteiger partial charge in [0.15, 0.2) is 0 Å². The highest BCUT2D eigenvalue weighted by atomic mass is 32.1. The molecule has 2 aromatic carbocycles. The molecular weight excluding hydrogens is 378 g/mol. The number of aromatic nitrogens is 4. The van der Waals surface area contributed by atoms with Gasteiger partial charge >= 0.3 is 0 Å². The third-order valence-electron chi connectivity index (χ3n) is 5.06. The zero-order valence-electron chi connectivity index (χ0n) is 15.8. The van der Waals surface area contributed by atoms with Crippen molar-refractivity contribution in [2.45, 2.75) is 12.5 Å². The number of benzene rings is 2. The average Bonchev–Trinajstić information content (AvgIpc) is 3.53. The first-order chi connectivity index (χ1) is 14.4. The second-order valence-electron chi connectivity index (χ2n) is 6.95. The van der Waals surface area contributed by atoms with Crippen LogP contribution < -0.4 is 5.32 Å². The quantitative estimate of drug-likeness (QED) is 0.416. The van der Waals surface area contributed by atoms with Gasteiger partial charge in [-0.15, -0.1) is 11.3 Å². The predicted molar refractivity (Wildman–Crippen MR) is 118 cm³/mol. The van der Waals surface area contributed by atoms with Crippen molar-refractivity contribution >= 4 is 22.2 Å². The lowest BCUT2D eigenvalue weighted by Gasteiger charge is -2.16. The Hall–Kier alpha value is -3.22. The van der Waals surface area contributed by atoms with E-state index in [-0.39, 0.29) is 5.92 Å². The molecular formula is C23H21N5S. The lowest BCUT2D eigenvalue weighted by atomic mass is 9.96. The first kappa shape index (κ1) is 17.8. The average molecular weight is 400 g/mol. The van der Waals surface area contributed by atoms with Crippen LogP contribution in [0.2, 0.25) is 0 Å². The van der Waals surface area contributed by atoms with Gasteiger partial charge in [-0.25, -0.2) is 0 Å². The van der Waals surface area contributed by atoms with E-state index in [1.54, 1.807) is 16.1 Å². The largest absolute Gasteiger partial charge is 0.361 e. The van der Waals surface area contributed by atoms with E-state index in [1.165, 1.54) is 21.3 Å². The third-order valence-corrected chi connectivity index (χ3v) is 6.05. The molecule has 0 saturated carbocycles. The highest BCUT2D eigenvalue weighted by Crippen LogP contribution is 2.32. The molecule has 0 saturated heterocycles. The van der Waals surface area contributed by atoms with E-state index in [0.717, 1.165) is 17.9 Å². The Morgan fingerprint density at radius 2 is 1.86 bits per heavy atom. The van der Waals surface area contributed by atoms with Gasteiger partial charge < -0.3 is 10.3 Å². The molecule has 0 aliphatic heterocycles. The summed E-state index contributed by atoms with van der Waals surface area (Å²) in [6, 6.07) is 22.8. The summed E-state index contributed by atoms with van der Waals surface area (Å²) in [5.74, 6) is 0.287. The van der Waals surface area contributed by atoms with Crippen molar-refractivity contribution < 1.29 is 0 Å². The molecule has 5 aromatic rings. The van der Waals surface area contributed by atoms with Crippen LogP contribution in [0, 0.1) is 0 Å². The molecule has 3 aromatic heterocycles. The molecule has 29 heavy (non-hydrogen) atoms. The summed E-state index contributed by atoms with van der Waals surface area (Å²) >= 11 is 1.80. The number of hydrogen-bond acceptors (Lipinski definition) is 4. The zero-order valence-corrected chi connectivity index (χ0v) is 16.6. The van der Waals surface area contributed by atoms with Crippen LogP contribution in [0.5, 0.6) is 0 Å². The van der Waals surface area contributed by atoms with Crippen molar-refractivity contribution in [3.63, 3.8) is 0 Å². The maximum atomic E-state index is 4.59. The number of thiophene rings is 1. The topological polar surface area (TPSA) is 58.5 Å². The van der Waals surface area contributed by atoms with Gasteiger partial charge in [-0.05, 0) is 35.2 Å². The molecule has 0 spiro atoms. The van der Waals surface area contributed by atoms with Crippen LogP contribution in [-0.4, -0.2) is 26.5 Å². The van der Waals surface area contributed by atoms with Crippen molar-refractivity contribution in [3.05, 3.63) is 101 Å². The molecule has 3 heterocycles. The zero-order chi connectivity index (χ0) is 19.5. The lowest BCUT2D eigenvalue weighted by Crippen LogP contribution is -2.21. The maximum absolute atomic E-state index is 4.59. The van der Waals surface area contributed by atoms with Gasteiger partial charge in [0, 0.05) is 41.0 Å². The number of nitrogens with one attached hydrogen (secondary N) is 2. The Balaban J connectivity index is 1.33. The second-order valence-corrected chi connectivity index (χ2v) is 7.93. The van der Waals surface area contributed by atoms with E-state index in [4.69, 9.17) is 0 Å². The van der Waals surface area contributed by atoms with Crippen molar-refractivity contribution in [3.8, 4) is 5.69 Å². The molecule has 0 fully saturated rings. The molecule has 0 bridgehead atoms. The minimum absolute atomic E-state index is 0.287. The van der Waals surface area contributed by atoms with Crippen molar-refractivity contribution in [2.75, 3.05) is 6.54 Å². The van der Waals surface area contributed by atoms with Gasteiger partial charge in [-0.3, -0.25) is 0 Å². The lowest BCUT2D eigenvalue weighted by molar-refractivity contribution is 0.627. The van der Waals surface area contributed by atoms with E-state index < -0.39 is 0 Å². The van der Waals surface area contributed by atoms with Crippen LogP contribution in [0.4, 0.5) is 0 Å². The van der Waals surface area contributed by atoms with E-state index in [9.17, 15) is 0 Å². The minimum atomic E-state index is 0.287. The van der Waals surface area contributed by atoms with Gasteiger partial charge in [0.05, 0.1) is 17.6 Å². The number of fused-ring (bicyclic) bond motifs is 1. The van der Waals surface area contributed by atoms with Gasteiger partial charge in [0.25, 0.3) is 0 Å². The normalized spacial score (nSPS) is 12.4. The first-order valence-corrected chi connectivity index (χ1v) is 10.5. The molecule has 144 valence electrons. The fourth-order valence-corrected chi connectivity index (χ4v) is 4.49. The first-order valence-electron chi connectivity index (χ1n) is 9.65. The van der Waals surface area contributed by atoms with Crippen LogP contribution >= 0.6 is 11.3 Å². The van der Waals surface area contributed by atoms with Crippen molar-refractivity contribution in [2.24, 2.45) is 0 Å². The number of hydrogen-bond donors (Lipinski definition) is 2. The molecule has 2 N–H and O–H groups in total. The van der Waals surface area contributed by atoms with E-state index in [1.807, 2.05) is 36.5 Å².